The standard InChI is InChI=1S/C15H27N3O2S/c1-6-8-17-14-7-9-16-10-15(14)21(19,20)18(13(4)5)11-12(2)3/h7,9-10,12-13H,6,8,11H2,1-5H3,(H,16,17). The third kappa shape index (κ3) is 4.68. The Morgan fingerprint density at radius 3 is 2.48 bits per heavy atom. The molecule has 1 aromatic rings. The average Bonchev–Trinajstić information content (AvgIpc) is 2.42. The van der Waals surface area contributed by atoms with Gasteiger partial charge in [-0.3, -0.25) is 4.98 Å². The van der Waals surface area contributed by atoms with Crippen molar-refractivity contribution in [2.75, 3.05) is 18.4 Å². The second kappa shape index (κ2) is 7.75. The Balaban J connectivity index is 3.21. The summed E-state index contributed by atoms with van der Waals surface area (Å²) in [6.07, 6.45) is 3.98. The van der Waals surface area contributed by atoms with Crippen LogP contribution in [0.4, 0.5) is 5.69 Å². The Bertz CT molecular complexity index is 542. The highest BCUT2D eigenvalue weighted by molar-refractivity contribution is 7.89. The molecule has 0 aliphatic rings. The Hall–Kier alpha value is -1.14. The molecule has 0 amide bonds. The summed E-state index contributed by atoms with van der Waals surface area (Å²) in [6.45, 7) is 11.1. The van der Waals surface area contributed by atoms with Crippen LogP contribution >= 0.6 is 0 Å². The van der Waals surface area contributed by atoms with Gasteiger partial charge in [-0.15, -0.1) is 0 Å². The van der Waals surface area contributed by atoms with Crippen molar-refractivity contribution >= 4 is 15.7 Å². The van der Waals surface area contributed by atoms with Crippen molar-refractivity contribution in [3.8, 4) is 0 Å². The molecule has 0 atom stereocenters. The second-order valence-corrected chi connectivity index (χ2v) is 7.72. The van der Waals surface area contributed by atoms with Crippen molar-refractivity contribution in [3.05, 3.63) is 18.5 Å². The van der Waals surface area contributed by atoms with Gasteiger partial charge in [-0.25, -0.2) is 8.42 Å². The molecule has 0 spiro atoms. The molecule has 0 saturated carbocycles. The molecule has 0 radical (unpaired) electrons. The maximum atomic E-state index is 12.9. The normalized spacial score (nSPS) is 12.4. The van der Waals surface area contributed by atoms with Crippen molar-refractivity contribution in [2.24, 2.45) is 5.92 Å². The zero-order valence-corrected chi connectivity index (χ0v) is 14.4. The maximum Gasteiger partial charge on any atom is 0.246 e. The monoisotopic (exact) mass is 313 g/mol. The summed E-state index contributed by atoms with van der Waals surface area (Å²) in [7, 11) is -3.55. The predicted molar refractivity (Wildman–Crippen MR) is 86.9 cm³/mol. The fourth-order valence-corrected chi connectivity index (χ4v) is 3.98. The number of aromatic nitrogens is 1. The van der Waals surface area contributed by atoms with E-state index in [0.717, 1.165) is 13.0 Å². The van der Waals surface area contributed by atoms with Crippen LogP contribution in [-0.4, -0.2) is 36.8 Å². The first-order chi connectivity index (χ1) is 9.80. The van der Waals surface area contributed by atoms with Gasteiger partial charge in [0.15, 0.2) is 0 Å². The SMILES string of the molecule is CCCNc1ccncc1S(=O)(=O)N(CC(C)C)C(C)C. The van der Waals surface area contributed by atoms with Gasteiger partial charge in [0.25, 0.3) is 0 Å². The summed E-state index contributed by atoms with van der Waals surface area (Å²) in [5, 5.41) is 3.17. The van der Waals surface area contributed by atoms with Crippen LogP contribution in [0.1, 0.15) is 41.0 Å². The topological polar surface area (TPSA) is 62.3 Å². The molecule has 1 heterocycles. The highest BCUT2D eigenvalue weighted by atomic mass is 32.2. The Morgan fingerprint density at radius 1 is 1.29 bits per heavy atom. The van der Waals surface area contributed by atoms with Gasteiger partial charge in [0, 0.05) is 31.5 Å². The minimum absolute atomic E-state index is 0.0865. The van der Waals surface area contributed by atoms with Crippen LogP contribution in [0.25, 0.3) is 0 Å². The van der Waals surface area contributed by atoms with Gasteiger partial charge in [0.05, 0.1) is 5.69 Å². The van der Waals surface area contributed by atoms with E-state index in [1.807, 2.05) is 34.6 Å². The van der Waals surface area contributed by atoms with Gasteiger partial charge < -0.3 is 5.32 Å². The van der Waals surface area contributed by atoms with Crippen LogP contribution in [0, 0.1) is 5.92 Å². The number of hydrogen-bond acceptors (Lipinski definition) is 4. The first kappa shape index (κ1) is 17.9. The second-order valence-electron chi connectivity index (χ2n) is 5.86. The van der Waals surface area contributed by atoms with Crippen molar-refractivity contribution in [1.29, 1.82) is 0 Å². The van der Waals surface area contributed by atoms with Crippen molar-refractivity contribution in [3.63, 3.8) is 0 Å². The van der Waals surface area contributed by atoms with E-state index in [1.54, 1.807) is 16.6 Å². The van der Waals surface area contributed by atoms with Crippen LogP contribution in [0.2, 0.25) is 0 Å². The van der Waals surface area contributed by atoms with E-state index >= 15 is 0 Å². The number of anilines is 1. The van der Waals surface area contributed by atoms with E-state index in [4.69, 9.17) is 0 Å². The minimum atomic E-state index is -3.55. The summed E-state index contributed by atoms with van der Waals surface area (Å²) in [5.74, 6) is 0.269. The minimum Gasteiger partial charge on any atom is -0.384 e. The smallest absolute Gasteiger partial charge is 0.246 e. The highest BCUT2D eigenvalue weighted by Crippen LogP contribution is 2.25. The lowest BCUT2D eigenvalue weighted by atomic mass is 10.2. The van der Waals surface area contributed by atoms with Crippen LogP contribution in [-0.2, 0) is 10.0 Å². The molecule has 1 aromatic heterocycles. The summed E-state index contributed by atoms with van der Waals surface area (Å²) < 4.78 is 27.4. The van der Waals surface area contributed by atoms with E-state index in [-0.39, 0.29) is 16.9 Å². The zero-order valence-electron chi connectivity index (χ0n) is 13.6. The number of rotatable bonds is 8. The zero-order chi connectivity index (χ0) is 16.0. The molecule has 0 aromatic carbocycles. The van der Waals surface area contributed by atoms with Crippen molar-refractivity contribution < 1.29 is 8.42 Å². The highest BCUT2D eigenvalue weighted by Gasteiger charge is 2.29. The third-order valence-corrected chi connectivity index (χ3v) is 5.13. The Kier molecular flexibility index (Phi) is 6.61. The number of nitrogens with one attached hydrogen (secondary N) is 1. The molecule has 1 rings (SSSR count). The molecule has 6 heteroatoms. The van der Waals surface area contributed by atoms with Gasteiger partial charge in [0.1, 0.15) is 4.90 Å². The van der Waals surface area contributed by atoms with Crippen molar-refractivity contribution in [1.82, 2.24) is 9.29 Å². The quantitative estimate of drug-likeness (QED) is 0.801. The fraction of sp³-hybridized carbons (Fsp3) is 0.667. The predicted octanol–water partition coefficient (Wildman–Crippen LogP) is 2.96. The van der Waals surface area contributed by atoms with E-state index in [1.165, 1.54) is 6.20 Å². The van der Waals surface area contributed by atoms with Crippen LogP contribution in [0.3, 0.4) is 0 Å². The summed E-state index contributed by atoms with van der Waals surface area (Å²) >= 11 is 0. The molecule has 0 unspecified atom stereocenters. The van der Waals surface area contributed by atoms with Gasteiger partial charge in [0.2, 0.25) is 10.0 Å². The Morgan fingerprint density at radius 2 is 1.95 bits per heavy atom. The largest absolute Gasteiger partial charge is 0.384 e. The number of nitrogens with zero attached hydrogens (tertiary/aromatic N) is 2. The van der Waals surface area contributed by atoms with Gasteiger partial charge in [-0.1, -0.05) is 20.8 Å². The van der Waals surface area contributed by atoms with Crippen molar-refractivity contribution in [2.45, 2.75) is 52.0 Å². The molecule has 21 heavy (non-hydrogen) atoms. The first-order valence-corrected chi connectivity index (χ1v) is 8.94. The number of pyridine rings is 1. The summed E-state index contributed by atoms with van der Waals surface area (Å²) in [4.78, 5) is 4.25. The third-order valence-electron chi connectivity index (χ3n) is 3.06. The van der Waals surface area contributed by atoms with Crippen LogP contribution < -0.4 is 5.32 Å². The van der Waals surface area contributed by atoms with Gasteiger partial charge >= 0.3 is 0 Å². The van der Waals surface area contributed by atoms with Crippen LogP contribution in [0.5, 0.6) is 0 Å². The first-order valence-electron chi connectivity index (χ1n) is 7.50. The molecular weight excluding hydrogens is 286 g/mol. The fourth-order valence-electron chi connectivity index (χ4n) is 2.06. The molecule has 0 bridgehead atoms. The number of hydrogen-bond donors (Lipinski definition) is 1. The molecule has 0 aliphatic carbocycles. The van der Waals surface area contributed by atoms with Gasteiger partial charge in [-0.05, 0) is 32.3 Å². The molecule has 120 valence electrons. The molecule has 0 aliphatic heterocycles. The van der Waals surface area contributed by atoms with Crippen LogP contribution in [0.15, 0.2) is 23.4 Å². The lowest BCUT2D eigenvalue weighted by Gasteiger charge is -2.28. The lowest BCUT2D eigenvalue weighted by Crippen LogP contribution is -2.39. The van der Waals surface area contributed by atoms with E-state index in [2.05, 4.69) is 10.3 Å². The lowest BCUT2D eigenvalue weighted by molar-refractivity contribution is 0.319. The molecular formula is C15H27N3O2S. The average molecular weight is 313 g/mol. The van der Waals surface area contributed by atoms with Gasteiger partial charge in [-0.2, -0.15) is 4.31 Å². The Labute approximate surface area is 128 Å². The molecule has 0 saturated heterocycles. The number of sulfonamides is 1. The molecule has 5 nitrogen and oxygen atoms in total. The van der Waals surface area contributed by atoms with E-state index in [0.29, 0.717) is 12.2 Å². The summed E-state index contributed by atoms with van der Waals surface area (Å²) in [5.41, 5.74) is 0.626. The summed E-state index contributed by atoms with van der Waals surface area (Å²) in [6, 6.07) is 1.63. The molecule has 0 fully saturated rings. The van der Waals surface area contributed by atoms with E-state index < -0.39 is 10.0 Å². The maximum absolute atomic E-state index is 12.9. The molecule has 1 N–H and O–H groups in total. The van der Waals surface area contributed by atoms with E-state index in [9.17, 15) is 8.42 Å².